The normalized spacial score (nSPS) is 13.1. The Morgan fingerprint density at radius 1 is 1.00 bits per heavy atom. The Labute approximate surface area is 197 Å². The SMILES string of the molecule is C=CC(=O)OC(COCCC(CC)CCC)COc1c2ccccc2cc2ccc(C)cc12. The molecule has 2 unspecified atom stereocenters. The maximum atomic E-state index is 11.9. The largest absolute Gasteiger partial charge is 0.488 e. The number of rotatable bonds is 13. The molecule has 0 aliphatic heterocycles. The van der Waals surface area contributed by atoms with Crippen molar-refractivity contribution >= 4 is 27.5 Å². The summed E-state index contributed by atoms with van der Waals surface area (Å²) in [4.78, 5) is 11.9. The van der Waals surface area contributed by atoms with Crippen LogP contribution in [0.4, 0.5) is 0 Å². The molecule has 3 aromatic rings. The molecule has 0 aromatic heterocycles. The quantitative estimate of drug-likeness (QED) is 0.122. The number of fused-ring (bicyclic) bond motifs is 2. The Kier molecular flexibility index (Phi) is 9.32. The first kappa shape index (κ1) is 24.8. The second kappa shape index (κ2) is 12.4. The summed E-state index contributed by atoms with van der Waals surface area (Å²) in [5.41, 5.74) is 1.16. The highest BCUT2D eigenvalue weighted by molar-refractivity contribution is 6.05. The fourth-order valence-electron chi connectivity index (χ4n) is 4.22. The van der Waals surface area contributed by atoms with Gasteiger partial charge in [0.25, 0.3) is 0 Å². The van der Waals surface area contributed by atoms with E-state index in [-0.39, 0.29) is 6.61 Å². The van der Waals surface area contributed by atoms with Gasteiger partial charge in [-0.1, -0.05) is 81.7 Å². The van der Waals surface area contributed by atoms with Crippen molar-refractivity contribution in [1.82, 2.24) is 0 Å². The maximum Gasteiger partial charge on any atom is 0.330 e. The molecule has 0 saturated heterocycles. The summed E-state index contributed by atoms with van der Waals surface area (Å²) in [6.07, 6.45) is 5.23. The number of aryl methyl sites for hydroxylation is 1. The molecule has 0 spiro atoms. The van der Waals surface area contributed by atoms with E-state index in [1.54, 1.807) is 0 Å². The number of esters is 1. The van der Waals surface area contributed by atoms with Crippen LogP contribution in [0, 0.1) is 12.8 Å². The molecule has 176 valence electrons. The molecular formula is C29H36O4. The zero-order chi connectivity index (χ0) is 23.6. The van der Waals surface area contributed by atoms with Crippen LogP contribution in [0.3, 0.4) is 0 Å². The number of hydrogen-bond donors (Lipinski definition) is 0. The fourth-order valence-corrected chi connectivity index (χ4v) is 4.22. The van der Waals surface area contributed by atoms with Crippen molar-refractivity contribution in [2.75, 3.05) is 19.8 Å². The lowest BCUT2D eigenvalue weighted by Gasteiger charge is -2.20. The smallest absolute Gasteiger partial charge is 0.330 e. The molecule has 3 rings (SSSR count). The standard InChI is InChI=1S/C29H36O4/c1-5-10-22(6-2)15-16-31-19-25(33-28(30)7-3)20-32-29-26-12-9-8-11-23(26)18-24-14-13-21(4)17-27(24)29/h7-9,11-14,17-18,22,25H,3,5-6,10,15-16,19-20H2,1-2,4H3. The second-order valence-electron chi connectivity index (χ2n) is 8.65. The topological polar surface area (TPSA) is 44.8 Å². The van der Waals surface area contributed by atoms with E-state index in [0.29, 0.717) is 19.1 Å². The Morgan fingerprint density at radius 2 is 1.79 bits per heavy atom. The molecule has 0 heterocycles. The zero-order valence-corrected chi connectivity index (χ0v) is 20.1. The molecule has 0 fully saturated rings. The summed E-state index contributed by atoms with van der Waals surface area (Å²) < 4.78 is 17.8. The van der Waals surface area contributed by atoms with E-state index in [0.717, 1.165) is 45.7 Å². The van der Waals surface area contributed by atoms with Crippen LogP contribution in [0.15, 0.2) is 61.2 Å². The first-order chi connectivity index (χ1) is 16.0. The van der Waals surface area contributed by atoms with Crippen molar-refractivity contribution in [1.29, 1.82) is 0 Å². The van der Waals surface area contributed by atoms with Crippen molar-refractivity contribution in [2.24, 2.45) is 5.92 Å². The van der Waals surface area contributed by atoms with Gasteiger partial charge in [-0.15, -0.1) is 0 Å². The lowest BCUT2D eigenvalue weighted by molar-refractivity contribution is -0.148. The third-order valence-electron chi connectivity index (χ3n) is 6.08. The van der Waals surface area contributed by atoms with E-state index >= 15 is 0 Å². The first-order valence-electron chi connectivity index (χ1n) is 12.0. The van der Waals surface area contributed by atoms with Crippen LogP contribution in [-0.2, 0) is 14.3 Å². The average Bonchev–Trinajstić information content (AvgIpc) is 2.83. The van der Waals surface area contributed by atoms with Gasteiger partial charge in [-0.3, -0.25) is 0 Å². The third-order valence-corrected chi connectivity index (χ3v) is 6.08. The van der Waals surface area contributed by atoms with Crippen LogP contribution in [0.5, 0.6) is 5.75 Å². The van der Waals surface area contributed by atoms with Crippen LogP contribution in [0.2, 0.25) is 0 Å². The second-order valence-corrected chi connectivity index (χ2v) is 8.65. The van der Waals surface area contributed by atoms with Gasteiger partial charge in [0.15, 0.2) is 6.10 Å². The fraction of sp³-hybridized carbons (Fsp3) is 0.414. The van der Waals surface area contributed by atoms with Crippen LogP contribution >= 0.6 is 0 Å². The first-order valence-corrected chi connectivity index (χ1v) is 12.0. The van der Waals surface area contributed by atoms with Gasteiger partial charge >= 0.3 is 5.97 Å². The van der Waals surface area contributed by atoms with Gasteiger partial charge in [-0.05, 0) is 42.2 Å². The van der Waals surface area contributed by atoms with Gasteiger partial charge in [0.1, 0.15) is 12.4 Å². The van der Waals surface area contributed by atoms with Gasteiger partial charge in [0, 0.05) is 23.5 Å². The highest BCUT2D eigenvalue weighted by Crippen LogP contribution is 2.35. The molecular weight excluding hydrogens is 412 g/mol. The summed E-state index contributed by atoms with van der Waals surface area (Å²) in [6, 6.07) is 16.7. The van der Waals surface area contributed by atoms with Crippen LogP contribution in [0.1, 0.15) is 45.1 Å². The summed E-state index contributed by atoms with van der Waals surface area (Å²) in [5, 5.41) is 4.32. The van der Waals surface area contributed by atoms with Crippen molar-refractivity contribution in [3.63, 3.8) is 0 Å². The van der Waals surface area contributed by atoms with Crippen LogP contribution < -0.4 is 4.74 Å². The maximum absolute atomic E-state index is 11.9. The monoisotopic (exact) mass is 448 g/mol. The van der Waals surface area contributed by atoms with E-state index in [4.69, 9.17) is 14.2 Å². The van der Waals surface area contributed by atoms with Gasteiger partial charge in [-0.25, -0.2) is 4.79 Å². The van der Waals surface area contributed by atoms with E-state index in [1.807, 2.05) is 12.1 Å². The van der Waals surface area contributed by atoms with Gasteiger partial charge in [-0.2, -0.15) is 0 Å². The van der Waals surface area contributed by atoms with Gasteiger partial charge < -0.3 is 14.2 Å². The average molecular weight is 449 g/mol. The summed E-state index contributed by atoms with van der Waals surface area (Å²) >= 11 is 0. The number of carbonyl (C=O) groups excluding carboxylic acids is 1. The Bertz CT molecular complexity index is 1070. The minimum Gasteiger partial charge on any atom is -0.488 e. The molecule has 2 atom stereocenters. The lowest BCUT2D eigenvalue weighted by atomic mass is 9.98. The zero-order valence-electron chi connectivity index (χ0n) is 20.1. The molecule has 0 saturated carbocycles. The molecule has 33 heavy (non-hydrogen) atoms. The highest BCUT2D eigenvalue weighted by atomic mass is 16.6. The molecule has 0 aliphatic rings. The Balaban J connectivity index is 1.75. The number of ether oxygens (including phenoxy) is 3. The molecule has 0 aliphatic carbocycles. The van der Waals surface area contributed by atoms with Crippen molar-refractivity contribution in [3.05, 3.63) is 66.7 Å². The summed E-state index contributed by atoms with van der Waals surface area (Å²) in [6.45, 7) is 11.2. The molecule has 0 N–H and O–H groups in total. The molecule has 3 aromatic carbocycles. The van der Waals surface area contributed by atoms with E-state index in [2.05, 4.69) is 63.7 Å². The van der Waals surface area contributed by atoms with Crippen LogP contribution in [-0.4, -0.2) is 31.9 Å². The highest BCUT2D eigenvalue weighted by Gasteiger charge is 2.17. The molecule has 0 amide bonds. The number of benzene rings is 3. The molecule has 0 bridgehead atoms. The van der Waals surface area contributed by atoms with E-state index < -0.39 is 12.1 Å². The Hall–Kier alpha value is -2.85. The predicted octanol–water partition coefficient (Wildman–Crippen LogP) is 7.01. The summed E-state index contributed by atoms with van der Waals surface area (Å²) in [7, 11) is 0. The van der Waals surface area contributed by atoms with E-state index in [9.17, 15) is 4.79 Å². The van der Waals surface area contributed by atoms with Crippen molar-refractivity contribution in [2.45, 2.75) is 52.6 Å². The Morgan fingerprint density at radius 3 is 2.55 bits per heavy atom. The van der Waals surface area contributed by atoms with Gasteiger partial charge in [0.2, 0.25) is 0 Å². The number of carbonyl (C=O) groups is 1. The third kappa shape index (κ3) is 6.82. The lowest BCUT2D eigenvalue weighted by Crippen LogP contribution is -2.29. The molecule has 4 nitrogen and oxygen atoms in total. The van der Waals surface area contributed by atoms with Crippen molar-refractivity contribution < 1.29 is 19.0 Å². The minimum atomic E-state index is -0.513. The number of hydrogen-bond acceptors (Lipinski definition) is 4. The molecule has 0 radical (unpaired) electrons. The van der Waals surface area contributed by atoms with Crippen molar-refractivity contribution in [3.8, 4) is 5.75 Å². The minimum absolute atomic E-state index is 0.211. The van der Waals surface area contributed by atoms with E-state index in [1.165, 1.54) is 18.9 Å². The van der Waals surface area contributed by atoms with Gasteiger partial charge in [0.05, 0.1) is 6.61 Å². The predicted molar refractivity (Wildman–Crippen MR) is 136 cm³/mol. The summed E-state index contributed by atoms with van der Waals surface area (Å²) in [5.74, 6) is 1.01. The van der Waals surface area contributed by atoms with Crippen LogP contribution in [0.25, 0.3) is 21.5 Å². The molecule has 4 heteroatoms.